The van der Waals surface area contributed by atoms with Gasteiger partial charge in [0.15, 0.2) is 0 Å². The molecule has 3 aliphatic carbocycles. The summed E-state index contributed by atoms with van der Waals surface area (Å²) in [4.78, 5) is 62.8. The number of hydrogen-bond acceptors (Lipinski definition) is 10. The molecule has 5 N–H and O–H groups in total. The van der Waals surface area contributed by atoms with E-state index < -0.39 is 24.6 Å². The molecule has 3 saturated heterocycles. The minimum atomic E-state index is -1.22. The highest BCUT2D eigenvalue weighted by Gasteiger charge is 2.42. The Balaban J connectivity index is 0.885. The van der Waals surface area contributed by atoms with E-state index in [1.165, 1.54) is 38.3 Å². The summed E-state index contributed by atoms with van der Waals surface area (Å²) in [6.45, 7) is 9.03. The Morgan fingerprint density at radius 3 is 1.93 bits per heavy atom. The van der Waals surface area contributed by atoms with E-state index in [-0.39, 0.29) is 41.8 Å². The minimum absolute atomic E-state index is 0.0409. The summed E-state index contributed by atoms with van der Waals surface area (Å²) in [6, 6.07) is 7.92. The molecule has 3 aliphatic heterocycles. The third-order valence-corrected chi connectivity index (χ3v) is 15.4. The second-order valence-electron chi connectivity index (χ2n) is 20.4. The number of carbonyl (C=O) groups excluding carboxylic acids is 3. The summed E-state index contributed by atoms with van der Waals surface area (Å²) < 4.78 is 9.83. The Hall–Kier alpha value is -5.51. The molecule has 9 rings (SSSR count). The number of methoxy groups -OCH3 is 2. The predicted octanol–water partition coefficient (Wildman–Crippen LogP) is 8.08. The van der Waals surface area contributed by atoms with Gasteiger partial charge < -0.3 is 44.6 Å². The molecule has 6 aliphatic rings. The van der Waals surface area contributed by atoms with Gasteiger partial charge in [-0.15, -0.1) is 0 Å². The van der Waals surface area contributed by atoms with E-state index in [4.69, 9.17) is 19.4 Å². The van der Waals surface area contributed by atoms with Crippen molar-refractivity contribution >= 4 is 23.5 Å². The van der Waals surface area contributed by atoms with Crippen molar-refractivity contribution in [1.82, 2.24) is 45.3 Å². The van der Waals surface area contributed by atoms with Crippen molar-refractivity contribution in [2.75, 3.05) is 27.3 Å². The number of aromatic amines is 2. The van der Waals surface area contributed by atoms with E-state index in [1.54, 1.807) is 0 Å². The third-order valence-electron chi connectivity index (χ3n) is 15.4. The zero-order valence-corrected chi connectivity index (χ0v) is 40.6. The van der Waals surface area contributed by atoms with Crippen molar-refractivity contribution in [3.05, 3.63) is 102 Å². The summed E-state index contributed by atoms with van der Waals surface area (Å²) in [6.07, 6.45) is 26.5. The molecule has 364 valence electrons. The van der Waals surface area contributed by atoms with Crippen LogP contribution in [0.5, 0.6) is 0 Å². The number of aromatic nitrogens is 4. The maximum Gasteiger partial charge on any atom is 0.407 e. The second kappa shape index (κ2) is 20.6. The molecule has 3 aromatic rings. The maximum absolute atomic E-state index is 13.8. The van der Waals surface area contributed by atoms with Crippen LogP contribution in [-0.4, -0.2) is 109 Å². The number of nitrogens with one attached hydrogen (secondary N) is 4. The largest absolute Gasteiger partial charge is 0.453 e. The van der Waals surface area contributed by atoms with Crippen molar-refractivity contribution in [3.8, 4) is 11.3 Å². The Morgan fingerprint density at radius 2 is 1.35 bits per heavy atom. The fraction of sp³-hybridized carbons (Fsp3) is 0.566. The number of amides is 3. The number of ether oxygens (including phenoxy) is 2. The molecule has 2 aromatic heterocycles. The van der Waals surface area contributed by atoms with Crippen LogP contribution in [-0.2, 0) is 19.1 Å². The third kappa shape index (κ3) is 9.98. The molecule has 0 spiro atoms. The van der Waals surface area contributed by atoms with Crippen molar-refractivity contribution in [3.63, 3.8) is 0 Å². The number of alkyl carbamates (subject to hydrolysis) is 1. The summed E-state index contributed by atoms with van der Waals surface area (Å²) in [5.41, 5.74) is 6.66. The Morgan fingerprint density at radius 1 is 0.735 bits per heavy atom. The van der Waals surface area contributed by atoms with Crippen LogP contribution in [0.25, 0.3) is 16.8 Å². The van der Waals surface area contributed by atoms with E-state index in [2.05, 4.69) is 86.2 Å². The van der Waals surface area contributed by atoms with Crippen molar-refractivity contribution < 1.29 is 29.0 Å². The van der Waals surface area contributed by atoms with Crippen LogP contribution in [0, 0.1) is 29.6 Å². The number of H-pyrrole nitrogens is 2. The molecule has 3 amide bonds. The average molecular weight is 930 g/mol. The first-order valence-electron chi connectivity index (χ1n) is 25.1. The summed E-state index contributed by atoms with van der Waals surface area (Å²) in [5, 5.41) is 15.8. The molecule has 0 radical (unpaired) electrons. The number of allylic oxidation sites excluding steroid dienone is 6. The average Bonchev–Trinajstić information content (AvgIpc) is 3.97. The normalized spacial score (nSPS) is 26.3. The monoisotopic (exact) mass is 930 g/mol. The van der Waals surface area contributed by atoms with Gasteiger partial charge >= 0.3 is 6.09 Å². The summed E-state index contributed by atoms with van der Waals surface area (Å²) in [7, 11) is 2.72. The molecule has 1 saturated carbocycles. The Bertz CT molecular complexity index is 2400. The number of hydrogen-bond donors (Lipinski definition) is 5. The van der Waals surface area contributed by atoms with Gasteiger partial charge in [0.25, 0.3) is 0 Å². The zero-order chi connectivity index (χ0) is 47.6. The molecular formula is C53H71N9O6. The lowest BCUT2D eigenvalue weighted by molar-refractivity contribution is -0.145. The van der Waals surface area contributed by atoms with Crippen LogP contribution in [0.1, 0.15) is 133 Å². The van der Waals surface area contributed by atoms with Gasteiger partial charge in [0, 0.05) is 37.9 Å². The number of aliphatic hydroxyl groups is 1. The molecular weight excluding hydrogens is 859 g/mol. The van der Waals surface area contributed by atoms with Gasteiger partial charge in [-0.25, -0.2) is 14.8 Å². The Kier molecular flexibility index (Phi) is 14.4. The standard InChI is InChI=1S/C53H71N9O6/c1-31(2)46(58-52(65)67-5)50(63)60-27-7-9-44(60)48-54-29-40(56-48)35-13-17-37(18-14-35)42-25-26-43(62(42)39-23-21-34(22-24-39)33-11-12-33)38-19-15-36(16-20-38)41-30-55-49(57-41)45-10-8-28-61(45)51(64)47(32(3)4)59-53(66)68-6/h13-19,21,23-24,29-34,38,42-47,52,58,65H,7-12,20,22,25-28H2,1-6H3,(H,54,56)(H,55,57)(H,59,66)/t34?,38?,42-,43+,44-,45-,46-,47-,52?/m0/s1. The fourth-order valence-electron chi connectivity index (χ4n) is 11.4. The van der Waals surface area contributed by atoms with Crippen LogP contribution in [0.4, 0.5) is 4.79 Å². The van der Waals surface area contributed by atoms with Crippen molar-refractivity contribution in [2.24, 2.45) is 29.6 Å². The first kappa shape index (κ1) is 47.6. The number of imidazole rings is 2. The lowest BCUT2D eigenvalue weighted by Gasteiger charge is -2.38. The fourth-order valence-corrected chi connectivity index (χ4v) is 11.4. The lowest BCUT2D eigenvalue weighted by Crippen LogP contribution is -2.52. The number of rotatable bonds is 16. The van der Waals surface area contributed by atoms with Crippen LogP contribution >= 0.6 is 0 Å². The minimum Gasteiger partial charge on any atom is -0.453 e. The highest BCUT2D eigenvalue weighted by atomic mass is 16.6. The molecule has 0 bridgehead atoms. The van der Waals surface area contributed by atoms with E-state index >= 15 is 0 Å². The summed E-state index contributed by atoms with van der Waals surface area (Å²) in [5.74, 6) is 3.04. The second-order valence-corrected chi connectivity index (χ2v) is 20.4. The predicted molar refractivity (Wildman–Crippen MR) is 260 cm³/mol. The van der Waals surface area contributed by atoms with Crippen LogP contribution < -0.4 is 10.6 Å². The first-order chi connectivity index (χ1) is 32.9. The summed E-state index contributed by atoms with van der Waals surface area (Å²) >= 11 is 0. The van der Waals surface area contributed by atoms with E-state index in [9.17, 15) is 19.5 Å². The zero-order valence-electron chi connectivity index (χ0n) is 40.6. The van der Waals surface area contributed by atoms with E-state index in [0.717, 1.165) is 91.5 Å². The lowest BCUT2D eigenvalue weighted by atomic mass is 9.87. The number of carbonyl (C=O) groups is 3. The maximum atomic E-state index is 13.8. The highest BCUT2D eigenvalue weighted by molar-refractivity contribution is 5.86. The van der Waals surface area contributed by atoms with Gasteiger partial charge in [-0.05, 0) is 111 Å². The molecule has 4 fully saturated rings. The van der Waals surface area contributed by atoms with Gasteiger partial charge in [-0.3, -0.25) is 14.9 Å². The Labute approximate surface area is 400 Å². The first-order valence-corrected chi connectivity index (χ1v) is 25.1. The smallest absolute Gasteiger partial charge is 0.407 e. The van der Waals surface area contributed by atoms with Crippen LogP contribution in [0.3, 0.4) is 0 Å². The molecule has 3 unspecified atom stereocenters. The SMILES string of the molecule is COC(=O)N[C@H](C(=O)N1CCC[C@H]1c1ncc(C2=CCC([C@H]3CC[C@@H](c4ccc(-c5cnc([C@@H]6CCCN6C(=O)[C@@H](NC(O)OC)C(C)C)[nH]5)cc4)N3C3=CCC(C4CC4)C=C3)C=C2)[nH]1)C(C)C. The molecule has 15 nitrogen and oxygen atoms in total. The number of likely N-dealkylation sites (tertiary alicyclic amines) is 3. The molecule has 5 heterocycles. The number of nitrogens with zero attached hydrogens (tertiary/aromatic N) is 5. The van der Waals surface area contributed by atoms with Gasteiger partial charge in [0.1, 0.15) is 17.7 Å². The van der Waals surface area contributed by atoms with Crippen LogP contribution in [0.15, 0.2) is 78.8 Å². The molecule has 68 heavy (non-hydrogen) atoms. The van der Waals surface area contributed by atoms with Crippen molar-refractivity contribution in [1.29, 1.82) is 0 Å². The molecule has 1 aromatic carbocycles. The van der Waals surface area contributed by atoms with Gasteiger partial charge in [-0.2, -0.15) is 0 Å². The van der Waals surface area contributed by atoms with E-state index in [0.29, 0.717) is 31.0 Å². The van der Waals surface area contributed by atoms with Crippen molar-refractivity contribution in [2.45, 2.75) is 135 Å². The number of aliphatic hydroxyl groups excluding tert-OH is 1. The quantitative estimate of drug-likeness (QED) is 0.0882. The van der Waals surface area contributed by atoms with Crippen LogP contribution in [0.2, 0.25) is 0 Å². The number of benzene rings is 1. The van der Waals surface area contributed by atoms with Gasteiger partial charge in [-0.1, -0.05) is 82.3 Å². The highest BCUT2D eigenvalue weighted by Crippen LogP contribution is 2.47. The van der Waals surface area contributed by atoms with Gasteiger partial charge in [0.2, 0.25) is 18.2 Å². The van der Waals surface area contributed by atoms with E-state index in [1.807, 2.05) is 49.9 Å². The molecule has 15 heteroatoms. The molecule has 9 atom stereocenters. The topological polar surface area (TPSA) is 181 Å². The van der Waals surface area contributed by atoms with Gasteiger partial charge in [0.05, 0.1) is 55.1 Å².